The van der Waals surface area contributed by atoms with Crippen molar-refractivity contribution in [1.82, 2.24) is 10.2 Å². The molecule has 2 fully saturated rings. The van der Waals surface area contributed by atoms with Crippen molar-refractivity contribution in [2.45, 2.75) is 57.7 Å². The van der Waals surface area contributed by atoms with Crippen LogP contribution in [0.15, 0.2) is 0 Å². The molecule has 1 aliphatic carbocycles. The molecule has 1 saturated carbocycles. The van der Waals surface area contributed by atoms with Crippen LogP contribution in [0.5, 0.6) is 0 Å². The molecular weight excluding hydrogens is 265 g/mol. The van der Waals surface area contributed by atoms with E-state index in [9.17, 15) is 13.2 Å². The quantitative estimate of drug-likeness (QED) is 0.835. The molecule has 1 heterocycles. The van der Waals surface area contributed by atoms with Gasteiger partial charge in [-0.25, -0.2) is 0 Å². The Morgan fingerprint density at radius 1 is 1.10 bits per heavy atom. The minimum absolute atomic E-state index is 0.293. The molecule has 2 aliphatic rings. The molecule has 2 rings (SSSR count). The molecule has 0 aromatic rings. The number of likely N-dealkylation sites (tertiary alicyclic amines) is 1. The van der Waals surface area contributed by atoms with Crippen molar-refractivity contribution in [3.05, 3.63) is 0 Å². The van der Waals surface area contributed by atoms with Crippen LogP contribution < -0.4 is 5.32 Å². The number of hydrogen-bond acceptors (Lipinski definition) is 2. The fourth-order valence-electron chi connectivity index (χ4n) is 3.59. The summed E-state index contributed by atoms with van der Waals surface area (Å²) in [7, 11) is 0. The van der Waals surface area contributed by atoms with Crippen molar-refractivity contribution in [2.24, 2.45) is 11.8 Å². The van der Waals surface area contributed by atoms with Crippen LogP contribution in [0.1, 0.15) is 45.4 Å². The summed E-state index contributed by atoms with van der Waals surface area (Å²) in [5, 5.41) is 3.21. The van der Waals surface area contributed by atoms with E-state index in [1.54, 1.807) is 0 Å². The van der Waals surface area contributed by atoms with Crippen LogP contribution in [0.3, 0.4) is 0 Å². The Bertz CT molecular complexity index is 287. The van der Waals surface area contributed by atoms with Crippen molar-refractivity contribution in [3.63, 3.8) is 0 Å². The first-order valence-corrected chi connectivity index (χ1v) is 7.99. The third-order valence-electron chi connectivity index (χ3n) is 4.68. The third-order valence-corrected chi connectivity index (χ3v) is 4.68. The van der Waals surface area contributed by atoms with Crippen molar-refractivity contribution in [3.8, 4) is 0 Å². The maximum atomic E-state index is 13.0. The highest BCUT2D eigenvalue weighted by Gasteiger charge is 2.45. The lowest BCUT2D eigenvalue weighted by atomic mass is 9.84. The summed E-state index contributed by atoms with van der Waals surface area (Å²) >= 11 is 0. The van der Waals surface area contributed by atoms with Gasteiger partial charge in [-0.05, 0) is 51.2 Å². The van der Waals surface area contributed by atoms with Crippen LogP contribution in [0.25, 0.3) is 0 Å². The molecule has 1 saturated heterocycles. The van der Waals surface area contributed by atoms with Crippen molar-refractivity contribution in [1.29, 1.82) is 0 Å². The monoisotopic (exact) mass is 292 g/mol. The lowest BCUT2D eigenvalue weighted by Crippen LogP contribution is -2.47. The van der Waals surface area contributed by atoms with Gasteiger partial charge in [-0.3, -0.25) is 0 Å². The zero-order chi connectivity index (χ0) is 14.6. The maximum absolute atomic E-state index is 13.0. The first-order chi connectivity index (χ1) is 9.47. The van der Waals surface area contributed by atoms with Gasteiger partial charge in [0.1, 0.15) is 0 Å². The number of nitrogens with one attached hydrogen (secondary N) is 1. The van der Waals surface area contributed by atoms with Gasteiger partial charge < -0.3 is 10.2 Å². The summed E-state index contributed by atoms with van der Waals surface area (Å²) in [4.78, 5) is 2.43. The van der Waals surface area contributed by atoms with Crippen LogP contribution in [0.4, 0.5) is 13.2 Å². The van der Waals surface area contributed by atoms with Gasteiger partial charge in [-0.15, -0.1) is 0 Å². The Kier molecular flexibility index (Phi) is 5.73. The fourth-order valence-corrected chi connectivity index (χ4v) is 3.59. The van der Waals surface area contributed by atoms with Crippen LogP contribution in [-0.4, -0.2) is 43.3 Å². The topological polar surface area (TPSA) is 15.3 Å². The van der Waals surface area contributed by atoms with Gasteiger partial charge >= 0.3 is 6.18 Å². The largest absolute Gasteiger partial charge is 0.393 e. The van der Waals surface area contributed by atoms with E-state index < -0.39 is 12.1 Å². The summed E-state index contributed by atoms with van der Waals surface area (Å²) in [6, 6.07) is -0.371. The number of nitrogens with zero attached hydrogens (tertiary/aromatic N) is 1. The van der Waals surface area contributed by atoms with Gasteiger partial charge in [0.2, 0.25) is 0 Å². The molecule has 0 bridgehead atoms. The second kappa shape index (κ2) is 7.12. The normalized spacial score (nSPS) is 30.6. The molecule has 0 aromatic carbocycles. The molecular formula is C15H27F3N2. The highest BCUT2D eigenvalue weighted by Crippen LogP contribution is 2.37. The van der Waals surface area contributed by atoms with Crippen LogP contribution in [0.2, 0.25) is 0 Å². The molecule has 0 radical (unpaired) electrons. The lowest BCUT2D eigenvalue weighted by Gasteiger charge is -2.34. The summed E-state index contributed by atoms with van der Waals surface area (Å²) < 4.78 is 39.0. The molecule has 1 N–H and O–H groups in total. The molecule has 2 nitrogen and oxygen atoms in total. The van der Waals surface area contributed by atoms with Crippen molar-refractivity contribution < 1.29 is 13.2 Å². The van der Waals surface area contributed by atoms with E-state index in [0.29, 0.717) is 31.7 Å². The molecule has 0 aromatic heterocycles. The molecule has 3 atom stereocenters. The van der Waals surface area contributed by atoms with Gasteiger partial charge in [-0.2, -0.15) is 13.2 Å². The Labute approximate surface area is 120 Å². The van der Waals surface area contributed by atoms with Gasteiger partial charge in [0.05, 0.1) is 5.92 Å². The molecule has 20 heavy (non-hydrogen) atoms. The molecule has 1 aliphatic heterocycles. The molecule has 118 valence electrons. The second-order valence-corrected chi connectivity index (χ2v) is 6.56. The average molecular weight is 292 g/mol. The predicted molar refractivity (Wildman–Crippen MR) is 74.6 cm³/mol. The highest BCUT2D eigenvalue weighted by molar-refractivity contribution is 4.86. The van der Waals surface area contributed by atoms with E-state index in [1.165, 1.54) is 12.8 Å². The van der Waals surface area contributed by atoms with E-state index in [0.717, 1.165) is 26.1 Å². The fraction of sp³-hybridized carbons (Fsp3) is 1.00. The van der Waals surface area contributed by atoms with E-state index in [-0.39, 0.29) is 6.04 Å². The molecule has 0 spiro atoms. The lowest BCUT2D eigenvalue weighted by molar-refractivity contribution is -0.189. The molecule has 5 heteroatoms. The number of halogens is 3. The molecule has 3 unspecified atom stereocenters. The first kappa shape index (κ1) is 16.1. The predicted octanol–water partition coefficient (Wildman–Crippen LogP) is 3.43. The Balaban J connectivity index is 1.75. The summed E-state index contributed by atoms with van der Waals surface area (Å²) in [6.45, 7) is 6.15. The van der Waals surface area contributed by atoms with Gasteiger partial charge in [-0.1, -0.05) is 19.8 Å². The SMILES string of the molecule is CC(CNC1CCCCC1C(F)(F)F)CN1CCCC1. The Hall–Kier alpha value is -0.290. The number of hydrogen-bond donors (Lipinski definition) is 1. The van der Waals surface area contributed by atoms with Crippen LogP contribution in [-0.2, 0) is 0 Å². The zero-order valence-corrected chi connectivity index (χ0v) is 12.4. The Morgan fingerprint density at radius 2 is 1.75 bits per heavy atom. The summed E-state index contributed by atoms with van der Waals surface area (Å²) in [5.74, 6) is -0.723. The first-order valence-electron chi connectivity index (χ1n) is 7.99. The van der Waals surface area contributed by atoms with Crippen molar-refractivity contribution in [2.75, 3.05) is 26.2 Å². The average Bonchev–Trinajstić information content (AvgIpc) is 2.88. The van der Waals surface area contributed by atoms with Crippen LogP contribution in [0, 0.1) is 11.8 Å². The van der Waals surface area contributed by atoms with Crippen LogP contribution >= 0.6 is 0 Å². The number of rotatable bonds is 5. The minimum atomic E-state index is -4.05. The van der Waals surface area contributed by atoms with E-state index in [1.807, 2.05) is 0 Å². The van der Waals surface area contributed by atoms with Gasteiger partial charge in [0, 0.05) is 12.6 Å². The zero-order valence-electron chi connectivity index (χ0n) is 12.4. The van der Waals surface area contributed by atoms with E-state index in [4.69, 9.17) is 0 Å². The van der Waals surface area contributed by atoms with E-state index >= 15 is 0 Å². The standard InChI is InChI=1S/C15H27F3N2/c1-12(11-20-8-4-5-9-20)10-19-14-7-3-2-6-13(14)15(16,17)18/h12-14,19H,2-11H2,1H3. The van der Waals surface area contributed by atoms with E-state index in [2.05, 4.69) is 17.1 Å². The third kappa shape index (κ3) is 4.62. The van der Waals surface area contributed by atoms with Crippen molar-refractivity contribution >= 4 is 0 Å². The van der Waals surface area contributed by atoms with Gasteiger partial charge in [0.25, 0.3) is 0 Å². The van der Waals surface area contributed by atoms with Gasteiger partial charge in [0.15, 0.2) is 0 Å². The summed E-state index contributed by atoms with van der Waals surface area (Å²) in [5.41, 5.74) is 0. The molecule has 0 amide bonds. The summed E-state index contributed by atoms with van der Waals surface area (Å²) in [6.07, 6.45) is 1.08. The minimum Gasteiger partial charge on any atom is -0.313 e. The maximum Gasteiger partial charge on any atom is 0.393 e. The highest BCUT2D eigenvalue weighted by atomic mass is 19.4. The Morgan fingerprint density at radius 3 is 2.40 bits per heavy atom. The number of alkyl halides is 3. The smallest absolute Gasteiger partial charge is 0.313 e. The second-order valence-electron chi connectivity index (χ2n) is 6.56.